The van der Waals surface area contributed by atoms with Crippen molar-refractivity contribution in [2.75, 3.05) is 0 Å². The molecule has 1 aromatic carbocycles. The molecule has 2 aromatic rings. The normalized spacial score (nSPS) is 11.1. The molecule has 0 radical (unpaired) electrons. The number of nitrogens with zero attached hydrogens (tertiary/aromatic N) is 2. The summed E-state index contributed by atoms with van der Waals surface area (Å²) in [5.74, 6) is 0. The number of hydrogen-bond acceptors (Lipinski definition) is 2. The van der Waals surface area contributed by atoms with Crippen LogP contribution in [0.4, 0.5) is 13.2 Å². The average molecular weight is 262 g/mol. The van der Waals surface area contributed by atoms with Crippen LogP contribution in [0.3, 0.4) is 0 Å². The van der Waals surface area contributed by atoms with Gasteiger partial charge in [-0.25, -0.2) is 0 Å². The van der Waals surface area contributed by atoms with Crippen LogP contribution in [0.5, 0.6) is 0 Å². The number of aromatic nitrogens is 1. The Hall–Kier alpha value is -2.35. The number of alkyl halides is 3. The van der Waals surface area contributed by atoms with Crippen LogP contribution < -0.4 is 0 Å². The zero-order valence-corrected chi connectivity index (χ0v) is 9.78. The summed E-state index contributed by atoms with van der Waals surface area (Å²) in [4.78, 5) is 4.09. The summed E-state index contributed by atoms with van der Waals surface area (Å²) in [6.45, 7) is 0. The van der Waals surface area contributed by atoms with Crippen LogP contribution in [0.25, 0.3) is 11.3 Å². The summed E-state index contributed by atoms with van der Waals surface area (Å²) < 4.78 is 37.3. The number of benzene rings is 1. The number of halogens is 3. The first-order valence-electron chi connectivity index (χ1n) is 5.50. The van der Waals surface area contributed by atoms with Gasteiger partial charge in [0.15, 0.2) is 0 Å². The molecular weight excluding hydrogens is 253 g/mol. The summed E-state index contributed by atoms with van der Waals surface area (Å²) in [5, 5.41) is 8.61. The van der Waals surface area contributed by atoms with Crippen LogP contribution in [-0.2, 0) is 12.6 Å². The number of pyridine rings is 1. The van der Waals surface area contributed by atoms with Crippen molar-refractivity contribution in [2.45, 2.75) is 12.6 Å². The fourth-order valence-electron chi connectivity index (χ4n) is 1.66. The van der Waals surface area contributed by atoms with Crippen LogP contribution in [0.2, 0.25) is 0 Å². The van der Waals surface area contributed by atoms with Crippen molar-refractivity contribution >= 4 is 0 Å². The largest absolute Gasteiger partial charge is 0.416 e. The SMILES string of the molecule is N#CCc1ccnc(-c2ccc(C(F)(F)F)cc2)c1. The summed E-state index contributed by atoms with van der Waals surface area (Å²) in [5.41, 5.74) is 1.24. The van der Waals surface area contributed by atoms with Crippen LogP contribution in [0.15, 0.2) is 42.6 Å². The van der Waals surface area contributed by atoms with E-state index >= 15 is 0 Å². The lowest BCUT2D eigenvalue weighted by Gasteiger charge is -2.07. The minimum absolute atomic E-state index is 0.246. The molecular formula is C14H9F3N2. The highest BCUT2D eigenvalue weighted by molar-refractivity contribution is 5.60. The molecule has 0 saturated carbocycles. The van der Waals surface area contributed by atoms with E-state index in [9.17, 15) is 13.2 Å². The highest BCUT2D eigenvalue weighted by Gasteiger charge is 2.29. The third-order valence-electron chi connectivity index (χ3n) is 2.62. The quantitative estimate of drug-likeness (QED) is 0.824. The molecule has 0 fully saturated rings. The second-order valence-electron chi connectivity index (χ2n) is 3.96. The molecule has 1 aromatic heterocycles. The molecule has 0 spiro atoms. The molecule has 0 unspecified atom stereocenters. The predicted molar refractivity (Wildman–Crippen MR) is 64.0 cm³/mol. The maximum absolute atomic E-state index is 12.4. The molecule has 0 aliphatic rings. The Morgan fingerprint density at radius 3 is 2.37 bits per heavy atom. The molecule has 1 heterocycles. The Labute approximate surface area is 108 Å². The van der Waals surface area contributed by atoms with Gasteiger partial charge in [0.2, 0.25) is 0 Å². The van der Waals surface area contributed by atoms with Gasteiger partial charge in [0, 0.05) is 11.8 Å². The minimum Gasteiger partial charge on any atom is -0.256 e. The topological polar surface area (TPSA) is 36.7 Å². The molecule has 96 valence electrons. The monoisotopic (exact) mass is 262 g/mol. The first-order chi connectivity index (χ1) is 9.00. The predicted octanol–water partition coefficient (Wildman–Crippen LogP) is 3.83. The van der Waals surface area contributed by atoms with Crippen LogP contribution in [-0.4, -0.2) is 4.98 Å². The van der Waals surface area contributed by atoms with Gasteiger partial charge in [0.05, 0.1) is 23.7 Å². The van der Waals surface area contributed by atoms with Gasteiger partial charge in [-0.1, -0.05) is 12.1 Å². The lowest BCUT2D eigenvalue weighted by atomic mass is 10.1. The van der Waals surface area contributed by atoms with E-state index in [1.165, 1.54) is 12.1 Å². The molecule has 2 rings (SSSR count). The highest BCUT2D eigenvalue weighted by Crippen LogP contribution is 2.30. The zero-order valence-electron chi connectivity index (χ0n) is 9.78. The zero-order chi connectivity index (χ0) is 13.9. The van der Waals surface area contributed by atoms with Crippen molar-refractivity contribution in [3.05, 3.63) is 53.7 Å². The fraction of sp³-hybridized carbons (Fsp3) is 0.143. The van der Waals surface area contributed by atoms with Gasteiger partial charge in [0.25, 0.3) is 0 Å². The first kappa shape index (κ1) is 13.1. The molecule has 0 aliphatic carbocycles. The number of nitriles is 1. The molecule has 0 aliphatic heterocycles. The maximum Gasteiger partial charge on any atom is 0.416 e. The first-order valence-corrected chi connectivity index (χ1v) is 5.50. The Morgan fingerprint density at radius 1 is 1.11 bits per heavy atom. The van der Waals surface area contributed by atoms with E-state index < -0.39 is 11.7 Å². The Bertz CT molecular complexity index is 610. The summed E-state index contributed by atoms with van der Waals surface area (Å²) >= 11 is 0. The summed E-state index contributed by atoms with van der Waals surface area (Å²) in [6.07, 6.45) is -2.55. The average Bonchev–Trinajstić information content (AvgIpc) is 2.39. The van der Waals surface area contributed by atoms with Crippen LogP contribution >= 0.6 is 0 Å². The second-order valence-corrected chi connectivity index (χ2v) is 3.96. The maximum atomic E-state index is 12.4. The smallest absolute Gasteiger partial charge is 0.256 e. The van der Waals surface area contributed by atoms with Crippen molar-refractivity contribution in [1.82, 2.24) is 4.98 Å². The third kappa shape index (κ3) is 3.10. The minimum atomic E-state index is -4.34. The Morgan fingerprint density at radius 2 is 1.79 bits per heavy atom. The molecule has 5 heteroatoms. The molecule has 0 amide bonds. The Kier molecular flexibility index (Phi) is 3.52. The third-order valence-corrected chi connectivity index (χ3v) is 2.62. The second kappa shape index (κ2) is 5.11. The number of rotatable bonds is 2. The summed E-state index contributed by atoms with van der Waals surface area (Å²) in [6, 6.07) is 10.2. The fourth-order valence-corrected chi connectivity index (χ4v) is 1.66. The van der Waals surface area contributed by atoms with E-state index in [4.69, 9.17) is 5.26 Å². The lowest BCUT2D eigenvalue weighted by molar-refractivity contribution is -0.137. The lowest BCUT2D eigenvalue weighted by Crippen LogP contribution is -2.04. The van der Waals surface area contributed by atoms with E-state index in [1.54, 1.807) is 18.3 Å². The molecule has 0 N–H and O–H groups in total. The van der Waals surface area contributed by atoms with Crippen molar-refractivity contribution in [3.63, 3.8) is 0 Å². The van der Waals surface area contributed by atoms with Crippen LogP contribution in [0, 0.1) is 11.3 Å². The van der Waals surface area contributed by atoms with E-state index in [0.717, 1.165) is 17.7 Å². The van der Waals surface area contributed by atoms with E-state index in [0.29, 0.717) is 11.3 Å². The Balaban J connectivity index is 2.32. The highest BCUT2D eigenvalue weighted by atomic mass is 19.4. The molecule has 0 saturated heterocycles. The van der Waals surface area contributed by atoms with E-state index in [-0.39, 0.29) is 6.42 Å². The molecule has 19 heavy (non-hydrogen) atoms. The molecule has 0 atom stereocenters. The molecule has 0 bridgehead atoms. The summed E-state index contributed by atoms with van der Waals surface area (Å²) in [7, 11) is 0. The van der Waals surface area contributed by atoms with Crippen molar-refractivity contribution in [3.8, 4) is 17.3 Å². The van der Waals surface area contributed by atoms with Crippen molar-refractivity contribution in [2.24, 2.45) is 0 Å². The van der Waals surface area contributed by atoms with Crippen molar-refractivity contribution < 1.29 is 13.2 Å². The van der Waals surface area contributed by atoms with Crippen molar-refractivity contribution in [1.29, 1.82) is 5.26 Å². The van der Waals surface area contributed by atoms with Gasteiger partial charge in [0.1, 0.15) is 0 Å². The van der Waals surface area contributed by atoms with Gasteiger partial charge >= 0.3 is 6.18 Å². The van der Waals surface area contributed by atoms with Gasteiger partial charge < -0.3 is 0 Å². The van der Waals surface area contributed by atoms with E-state index in [1.807, 2.05) is 6.07 Å². The number of hydrogen-bond donors (Lipinski definition) is 0. The van der Waals surface area contributed by atoms with Crippen LogP contribution in [0.1, 0.15) is 11.1 Å². The molecule has 2 nitrogen and oxygen atoms in total. The van der Waals surface area contributed by atoms with E-state index in [2.05, 4.69) is 4.98 Å². The van der Waals surface area contributed by atoms with Gasteiger partial charge in [-0.15, -0.1) is 0 Å². The van der Waals surface area contributed by atoms with Gasteiger partial charge in [-0.2, -0.15) is 18.4 Å². The van der Waals surface area contributed by atoms with Gasteiger partial charge in [-0.05, 0) is 29.8 Å². The van der Waals surface area contributed by atoms with Gasteiger partial charge in [-0.3, -0.25) is 4.98 Å². The standard InChI is InChI=1S/C14H9F3N2/c15-14(16,17)12-3-1-11(2-4-12)13-9-10(5-7-18)6-8-19-13/h1-4,6,8-9H,5H2.